The second-order valence-electron chi connectivity index (χ2n) is 6.47. The Hall–Kier alpha value is -2.50. The van der Waals surface area contributed by atoms with Crippen LogP contribution in [0, 0.1) is 13.8 Å². The third kappa shape index (κ3) is 4.79. The van der Waals surface area contributed by atoms with Gasteiger partial charge in [-0.1, -0.05) is 11.6 Å². The summed E-state index contributed by atoms with van der Waals surface area (Å²) in [5.74, 6) is -0.236. The highest BCUT2D eigenvalue weighted by molar-refractivity contribution is 9.10. The number of anilines is 2. The quantitative estimate of drug-likeness (QED) is 0.519. The number of carbonyl (C=O) groups excluding carboxylic acids is 1. The number of aryl methyl sites for hydroxylation is 1. The Kier molecular flexibility index (Phi) is 6.44. The second-order valence-corrected chi connectivity index (χ2v) is 9.33. The topological polar surface area (TPSA) is 119 Å². The smallest absolute Gasteiger partial charge is 0.263 e. The fraction of sp³-hybridized carbons (Fsp3) is 0.222. The molecule has 1 amide bonds. The van der Waals surface area contributed by atoms with E-state index in [0.717, 1.165) is 15.9 Å². The molecule has 0 bridgehead atoms. The number of nitrogens with one attached hydrogen (secondary N) is 2. The monoisotopic (exact) mass is 512 g/mol. The number of nitrogens with zero attached hydrogens (tertiary/aromatic N) is 4. The minimum Gasteiger partial charge on any atom is -0.324 e. The molecular weight excluding hydrogens is 496 g/mol. The van der Waals surface area contributed by atoms with Crippen LogP contribution < -0.4 is 10.0 Å². The Morgan fingerprint density at radius 3 is 2.33 bits per heavy atom. The summed E-state index contributed by atoms with van der Waals surface area (Å²) >= 11 is 9.09. The van der Waals surface area contributed by atoms with Gasteiger partial charge in [-0.2, -0.15) is 5.10 Å². The Morgan fingerprint density at radius 2 is 1.80 bits per heavy atom. The molecule has 0 aliphatic carbocycles. The van der Waals surface area contributed by atoms with Gasteiger partial charge in [0.2, 0.25) is 5.91 Å². The summed E-state index contributed by atoms with van der Waals surface area (Å²) in [5, 5.41) is 14.5. The Balaban J connectivity index is 1.71. The Labute approximate surface area is 187 Å². The summed E-state index contributed by atoms with van der Waals surface area (Å²) in [6.07, 6.45) is 0. The number of hydrogen-bond acceptors (Lipinski definition) is 6. The van der Waals surface area contributed by atoms with Crippen molar-refractivity contribution < 1.29 is 13.2 Å². The number of halogens is 2. The molecule has 2 aromatic heterocycles. The van der Waals surface area contributed by atoms with Crippen molar-refractivity contribution >= 4 is 55.0 Å². The van der Waals surface area contributed by atoms with Crippen LogP contribution in [0.1, 0.15) is 24.4 Å². The summed E-state index contributed by atoms with van der Waals surface area (Å²) in [6, 6.07) is 8.04. The van der Waals surface area contributed by atoms with Crippen molar-refractivity contribution in [3.8, 4) is 0 Å². The van der Waals surface area contributed by atoms with Crippen molar-refractivity contribution in [3.63, 3.8) is 0 Å². The molecule has 0 saturated heterocycles. The average molecular weight is 514 g/mol. The number of carbonyl (C=O) groups is 1. The number of aromatic nitrogens is 4. The lowest BCUT2D eigenvalue weighted by molar-refractivity contribution is -0.119. The molecule has 3 rings (SSSR count). The van der Waals surface area contributed by atoms with Crippen molar-refractivity contribution in [2.24, 2.45) is 0 Å². The van der Waals surface area contributed by atoms with Crippen LogP contribution in [0.2, 0.25) is 5.15 Å². The normalized spacial score (nSPS) is 12.4. The van der Waals surface area contributed by atoms with E-state index < -0.39 is 16.1 Å². The molecule has 0 saturated carbocycles. The first-order valence-electron chi connectivity index (χ1n) is 8.72. The van der Waals surface area contributed by atoms with Crippen molar-refractivity contribution in [2.75, 3.05) is 10.0 Å². The van der Waals surface area contributed by atoms with Gasteiger partial charge in [-0.15, -0.1) is 10.2 Å². The van der Waals surface area contributed by atoms with Crippen LogP contribution in [-0.2, 0) is 14.8 Å². The number of hydrogen-bond donors (Lipinski definition) is 2. The first-order chi connectivity index (χ1) is 14.1. The molecule has 1 unspecified atom stereocenters. The van der Waals surface area contributed by atoms with Crippen LogP contribution in [0.25, 0.3) is 0 Å². The molecule has 2 heterocycles. The van der Waals surface area contributed by atoms with E-state index in [4.69, 9.17) is 11.6 Å². The van der Waals surface area contributed by atoms with Crippen molar-refractivity contribution in [2.45, 2.75) is 31.7 Å². The molecule has 158 valence electrons. The van der Waals surface area contributed by atoms with Crippen molar-refractivity contribution in [1.29, 1.82) is 0 Å². The Morgan fingerprint density at radius 1 is 1.13 bits per heavy atom. The fourth-order valence-corrected chi connectivity index (χ4v) is 4.02. The molecule has 0 aliphatic rings. The SMILES string of the molecule is Cc1nn(C(C)C(=O)Nc2ccc(S(=O)(=O)Nc3ccc(Cl)nn3)cc2)c(C)c1Br. The van der Waals surface area contributed by atoms with Crippen molar-refractivity contribution in [1.82, 2.24) is 20.0 Å². The zero-order chi connectivity index (χ0) is 22.1. The van der Waals surface area contributed by atoms with Gasteiger partial charge in [-0.3, -0.25) is 14.2 Å². The largest absolute Gasteiger partial charge is 0.324 e. The predicted molar refractivity (Wildman–Crippen MR) is 117 cm³/mol. The van der Waals surface area contributed by atoms with Gasteiger partial charge in [0.15, 0.2) is 11.0 Å². The van der Waals surface area contributed by atoms with E-state index in [9.17, 15) is 13.2 Å². The average Bonchev–Trinajstić information content (AvgIpc) is 2.96. The van der Waals surface area contributed by atoms with E-state index in [-0.39, 0.29) is 21.8 Å². The van der Waals surface area contributed by atoms with Crippen LogP contribution in [0.5, 0.6) is 0 Å². The maximum absolute atomic E-state index is 12.6. The minimum atomic E-state index is -3.87. The first-order valence-corrected chi connectivity index (χ1v) is 11.4. The molecule has 2 N–H and O–H groups in total. The summed E-state index contributed by atoms with van der Waals surface area (Å²) in [4.78, 5) is 12.6. The third-order valence-corrected chi connectivity index (χ3v) is 7.01. The second kappa shape index (κ2) is 8.70. The molecule has 9 nitrogen and oxygen atoms in total. The van der Waals surface area contributed by atoms with Crippen LogP contribution in [-0.4, -0.2) is 34.3 Å². The molecule has 0 aliphatic heterocycles. The van der Waals surface area contributed by atoms with Crippen LogP contribution >= 0.6 is 27.5 Å². The molecule has 0 radical (unpaired) electrons. The van der Waals surface area contributed by atoms with Gasteiger partial charge in [0.25, 0.3) is 10.0 Å². The molecular formula is C18H18BrClN6O3S. The fourth-order valence-electron chi connectivity index (χ4n) is 2.66. The van der Waals surface area contributed by atoms with Crippen LogP contribution in [0.3, 0.4) is 0 Å². The molecule has 12 heteroatoms. The first kappa shape index (κ1) is 22.2. The van der Waals surface area contributed by atoms with Crippen LogP contribution in [0.15, 0.2) is 45.8 Å². The molecule has 30 heavy (non-hydrogen) atoms. The standard InChI is InChI=1S/C18H18BrClN6O3S/c1-10-17(19)11(2)26(24-10)12(3)18(27)21-13-4-6-14(7-5-13)30(28,29)25-16-9-8-15(20)22-23-16/h4-9,12H,1-3H3,(H,21,27)(H,23,25). The summed E-state index contributed by atoms with van der Waals surface area (Å²) in [5.41, 5.74) is 2.09. The summed E-state index contributed by atoms with van der Waals surface area (Å²) in [7, 11) is -3.87. The predicted octanol–water partition coefficient (Wildman–Crippen LogP) is 3.71. The maximum Gasteiger partial charge on any atom is 0.263 e. The highest BCUT2D eigenvalue weighted by Gasteiger charge is 2.21. The van der Waals surface area contributed by atoms with E-state index >= 15 is 0 Å². The van der Waals surface area contributed by atoms with Gasteiger partial charge in [-0.25, -0.2) is 8.42 Å². The van der Waals surface area contributed by atoms with Crippen LogP contribution in [0.4, 0.5) is 11.5 Å². The highest BCUT2D eigenvalue weighted by Crippen LogP contribution is 2.24. The minimum absolute atomic E-state index is 0.00720. The van der Waals surface area contributed by atoms with Gasteiger partial charge in [-0.05, 0) is 73.1 Å². The number of amides is 1. The summed E-state index contributed by atoms with van der Waals surface area (Å²) in [6.45, 7) is 5.45. The van der Waals surface area contributed by atoms with Gasteiger partial charge in [0.1, 0.15) is 6.04 Å². The van der Waals surface area contributed by atoms with E-state index in [1.807, 2.05) is 13.8 Å². The third-order valence-electron chi connectivity index (χ3n) is 4.29. The zero-order valence-corrected chi connectivity index (χ0v) is 19.4. The van der Waals surface area contributed by atoms with Gasteiger partial charge >= 0.3 is 0 Å². The molecule has 0 spiro atoms. The zero-order valence-electron chi connectivity index (χ0n) is 16.2. The maximum atomic E-state index is 12.6. The molecule has 3 aromatic rings. The number of rotatable bonds is 6. The number of sulfonamides is 1. The highest BCUT2D eigenvalue weighted by atomic mass is 79.9. The molecule has 1 atom stereocenters. The summed E-state index contributed by atoms with van der Waals surface area (Å²) < 4.78 is 29.7. The van der Waals surface area contributed by atoms with Gasteiger partial charge < -0.3 is 5.32 Å². The van der Waals surface area contributed by atoms with E-state index in [1.54, 1.807) is 11.6 Å². The van der Waals surface area contributed by atoms with E-state index in [0.29, 0.717) is 5.69 Å². The lowest BCUT2D eigenvalue weighted by atomic mass is 10.2. The van der Waals surface area contributed by atoms with E-state index in [1.165, 1.54) is 36.4 Å². The lowest BCUT2D eigenvalue weighted by Gasteiger charge is -2.15. The number of benzene rings is 1. The lowest BCUT2D eigenvalue weighted by Crippen LogP contribution is -2.25. The van der Waals surface area contributed by atoms with Gasteiger partial charge in [0, 0.05) is 5.69 Å². The molecule has 1 aromatic carbocycles. The van der Waals surface area contributed by atoms with Crippen molar-refractivity contribution in [3.05, 3.63) is 57.4 Å². The van der Waals surface area contributed by atoms with Gasteiger partial charge in [0.05, 0.1) is 20.8 Å². The Bertz CT molecular complexity index is 1180. The molecule has 0 fully saturated rings. The van der Waals surface area contributed by atoms with E-state index in [2.05, 4.69) is 41.3 Å².